The van der Waals surface area contributed by atoms with Gasteiger partial charge in [0.05, 0.1) is 0 Å². The molecular formula is C25H25BO. The Bertz CT molecular complexity index is 1060. The summed E-state index contributed by atoms with van der Waals surface area (Å²) in [6, 6.07) is 20.1. The maximum atomic E-state index is 6.43. The third kappa shape index (κ3) is 2.07. The molecule has 2 heteroatoms. The van der Waals surface area contributed by atoms with Crippen LogP contribution in [0.25, 0.3) is 0 Å². The number of ether oxygens (including phenoxy) is 1. The zero-order chi connectivity index (χ0) is 18.8. The van der Waals surface area contributed by atoms with Crippen LogP contribution in [0.15, 0.2) is 54.6 Å². The van der Waals surface area contributed by atoms with Gasteiger partial charge >= 0.3 is 0 Å². The van der Waals surface area contributed by atoms with E-state index in [2.05, 4.69) is 82.3 Å². The molecule has 0 aromatic heterocycles. The summed E-state index contributed by atoms with van der Waals surface area (Å²) >= 11 is 0. The Labute approximate surface area is 162 Å². The van der Waals surface area contributed by atoms with Crippen molar-refractivity contribution in [1.29, 1.82) is 0 Å². The molecule has 0 atom stereocenters. The molecule has 2 aliphatic heterocycles. The summed E-state index contributed by atoms with van der Waals surface area (Å²) in [5, 5.41) is 0. The van der Waals surface area contributed by atoms with Gasteiger partial charge in [-0.1, -0.05) is 67.3 Å². The van der Waals surface area contributed by atoms with Crippen LogP contribution >= 0.6 is 0 Å². The fraction of sp³-hybridized carbons (Fsp3) is 0.280. The summed E-state index contributed by atoms with van der Waals surface area (Å²) in [5.41, 5.74) is 9.90. The van der Waals surface area contributed by atoms with Crippen molar-refractivity contribution in [3.05, 3.63) is 76.9 Å². The number of benzene rings is 3. The number of fused-ring (bicyclic) bond motifs is 4. The average Bonchev–Trinajstić information content (AvgIpc) is 2.70. The Hall–Kier alpha value is -2.48. The minimum absolute atomic E-state index is 0.0627. The van der Waals surface area contributed by atoms with E-state index in [1.54, 1.807) is 0 Å². The van der Waals surface area contributed by atoms with Gasteiger partial charge in [-0.05, 0) is 66.4 Å². The lowest BCUT2D eigenvalue weighted by Crippen LogP contribution is -2.63. The number of hydrogen-bond donors (Lipinski definition) is 0. The van der Waals surface area contributed by atoms with Crippen molar-refractivity contribution in [2.45, 2.75) is 46.0 Å². The van der Waals surface area contributed by atoms with Gasteiger partial charge in [0.15, 0.2) is 0 Å². The van der Waals surface area contributed by atoms with Crippen molar-refractivity contribution >= 4 is 23.1 Å². The molecule has 5 rings (SSSR count). The molecule has 0 saturated carbocycles. The molecule has 0 aliphatic carbocycles. The summed E-state index contributed by atoms with van der Waals surface area (Å²) < 4.78 is 6.43. The zero-order valence-electron chi connectivity index (χ0n) is 16.6. The molecule has 134 valence electrons. The largest absolute Gasteiger partial charge is 0.458 e. The maximum absolute atomic E-state index is 6.43. The smallest absolute Gasteiger partial charge is 0.251 e. The van der Waals surface area contributed by atoms with Gasteiger partial charge in [0, 0.05) is 5.41 Å². The van der Waals surface area contributed by atoms with Gasteiger partial charge in [-0.3, -0.25) is 0 Å². The quantitative estimate of drug-likeness (QED) is 0.488. The van der Waals surface area contributed by atoms with Gasteiger partial charge in [-0.25, -0.2) is 0 Å². The van der Waals surface area contributed by atoms with E-state index in [9.17, 15) is 0 Å². The first kappa shape index (κ1) is 16.7. The van der Waals surface area contributed by atoms with Gasteiger partial charge in [0.25, 0.3) is 6.71 Å². The lowest BCUT2D eigenvalue weighted by atomic mass is 9.30. The highest BCUT2D eigenvalue weighted by Gasteiger charge is 2.47. The molecule has 0 radical (unpaired) electrons. The molecule has 0 spiro atoms. The second-order valence-corrected chi connectivity index (χ2v) is 8.12. The van der Waals surface area contributed by atoms with Crippen molar-refractivity contribution in [3.63, 3.8) is 0 Å². The first-order valence-corrected chi connectivity index (χ1v) is 10.1. The zero-order valence-corrected chi connectivity index (χ0v) is 16.6. The van der Waals surface area contributed by atoms with Crippen LogP contribution in [0.2, 0.25) is 0 Å². The van der Waals surface area contributed by atoms with Gasteiger partial charge in [-0.2, -0.15) is 0 Å². The maximum Gasteiger partial charge on any atom is 0.251 e. The van der Waals surface area contributed by atoms with Crippen molar-refractivity contribution in [3.8, 4) is 11.5 Å². The molecule has 1 nitrogen and oxygen atoms in total. The highest BCUT2D eigenvalue weighted by atomic mass is 16.5. The van der Waals surface area contributed by atoms with Gasteiger partial charge in [-0.15, -0.1) is 0 Å². The molecule has 2 aliphatic rings. The number of aryl methyl sites for hydroxylation is 2. The molecule has 0 N–H and O–H groups in total. The molecule has 0 saturated heterocycles. The van der Waals surface area contributed by atoms with Crippen LogP contribution in [0.1, 0.15) is 48.9 Å². The minimum atomic E-state index is 0.0627. The van der Waals surface area contributed by atoms with Crippen molar-refractivity contribution in [1.82, 2.24) is 0 Å². The van der Waals surface area contributed by atoms with E-state index in [4.69, 9.17) is 4.74 Å². The third-order valence-electron chi connectivity index (χ3n) is 6.87. The Balaban J connectivity index is 1.94. The van der Waals surface area contributed by atoms with Gasteiger partial charge in [0.1, 0.15) is 11.5 Å². The van der Waals surface area contributed by atoms with E-state index in [1.807, 2.05) is 0 Å². The lowest BCUT2D eigenvalue weighted by molar-refractivity contribution is 0.463. The lowest BCUT2D eigenvalue weighted by Gasteiger charge is -2.45. The second-order valence-electron chi connectivity index (χ2n) is 8.12. The molecular weight excluding hydrogens is 327 g/mol. The normalized spacial score (nSPS) is 15.5. The first-order chi connectivity index (χ1) is 13.1. The van der Waals surface area contributed by atoms with Crippen molar-refractivity contribution in [2.75, 3.05) is 0 Å². The topological polar surface area (TPSA) is 9.23 Å². The highest BCUT2D eigenvalue weighted by Crippen LogP contribution is 2.44. The monoisotopic (exact) mass is 352 g/mol. The predicted molar refractivity (Wildman–Crippen MR) is 115 cm³/mol. The van der Waals surface area contributed by atoms with Crippen LogP contribution < -0.4 is 21.1 Å². The van der Waals surface area contributed by atoms with E-state index in [1.165, 1.54) is 38.6 Å². The second kappa shape index (κ2) is 5.76. The SMILES string of the molecule is CCC1(CC)c2ccccc2B2c3cc(C)ccc3Oc3ccc(C)c1c32. The summed E-state index contributed by atoms with van der Waals surface area (Å²) in [6.07, 6.45) is 2.20. The van der Waals surface area contributed by atoms with Crippen LogP contribution in [0.3, 0.4) is 0 Å². The van der Waals surface area contributed by atoms with Crippen LogP contribution in [0.4, 0.5) is 0 Å². The Kier molecular flexibility index (Phi) is 3.56. The molecule has 0 bridgehead atoms. The van der Waals surface area contributed by atoms with Crippen LogP contribution in [0.5, 0.6) is 11.5 Å². The van der Waals surface area contributed by atoms with E-state index < -0.39 is 0 Å². The minimum Gasteiger partial charge on any atom is -0.458 e. The van der Waals surface area contributed by atoms with Crippen molar-refractivity contribution in [2.24, 2.45) is 0 Å². The highest BCUT2D eigenvalue weighted by molar-refractivity contribution is 6.98. The van der Waals surface area contributed by atoms with E-state index >= 15 is 0 Å². The summed E-state index contributed by atoms with van der Waals surface area (Å²) in [4.78, 5) is 0. The summed E-state index contributed by atoms with van der Waals surface area (Å²) in [5.74, 6) is 2.04. The molecule has 0 fully saturated rings. The third-order valence-corrected chi connectivity index (χ3v) is 6.87. The standard InChI is InChI=1S/C25H25BO/c1-5-25(6-2)18-9-7-8-10-19(18)26-20-15-16(3)11-13-21(20)27-22-14-12-17(4)23(25)24(22)26/h7-15H,5-6H2,1-4H3. The van der Waals surface area contributed by atoms with Gasteiger partial charge < -0.3 is 4.74 Å². The Morgan fingerprint density at radius 2 is 1.59 bits per heavy atom. The molecule has 27 heavy (non-hydrogen) atoms. The molecule has 3 aromatic carbocycles. The first-order valence-electron chi connectivity index (χ1n) is 10.1. The van der Waals surface area contributed by atoms with Crippen LogP contribution in [-0.4, -0.2) is 6.71 Å². The Morgan fingerprint density at radius 3 is 2.37 bits per heavy atom. The van der Waals surface area contributed by atoms with Crippen molar-refractivity contribution < 1.29 is 4.74 Å². The van der Waals surface area contributed by atoms with Gasteiger partial charge in [0.2, 0.25) is 0 Å². The molecule has 3 aromatic rings. The number of hydrogen-bond acceptors (Lipinski definition) is 1. The fourth-order valence-corrected chi connectivity index (χ4v) is 5.61. The molecule has 0 amide bonds. The molecule has 2 heterocycles. The summed E-state index contributed by atoms with van der Waals surface area (Å²) in [7, 11) is 0. The fourth-order valence-electron chi connectivity index (χ4n) is 5.61. The molecule has 0 unspecified atom stereocenters. The van der Waals surface area contributed by atoms with E-state index in [0.717, 1.165) is 24.3 Å². The van der Waals surface area contributed by atoms with Crippen LogP contribution in [0, 0.1) is 13.8 Å². The Morgan fingerprint density at radius 1 is 0.852 bits per heavy atom. The predicted octanol–water partition coefficient (Wildman–Crippen LogP) is 4.34. The van der Waals surface area contributed by atoms with E-state index in [-0.39, 0.29) is 12.1 Å². The van der Waals surface area contributed by atoms with E-state index in [0.29, 0.717) is 0 Å². The van der Waals surface area contributed by atoms with Crippen LogP contribution in [-0.2, 0) is 5.41 Å². The summed E-state index contributed by atoms with van der Waals surface area (Å²) in [6.45, 7) is 9.37. The number of rotatable bonds is 2. The average molecular weight is 352 g/mol.